The van der Waals surface area contributed by atoms with E-state index < -0.39 is 10.0 Å². The average molecular weight is 550 g/mol. The lowest BCUT2D eigenvalue weighted by molar-refractivity contribution is 0.222. The number of aryl methyl sites for hydroxylation is 2. The van der Waals surface area contributed by atoms with E-state index in [0.29, 0.717) is 34.6 Å². The fourth-order valence-electron chi connectivity index (χ4n) is 4.58. The SMILES string of the molecule is Cc1cc(Nc2nc(Cc3cc(C)c(C4CCN(CCS(=O)(=O)N(C)C)CC4)cc3F)ncc2Cl)n[nH]1. The number of nitrogens with one attached hydrogen (secondary N) is 2. The standard InChI is InChI=1S/C25H33ClFN7O2S/c1-16-11-19(13-23-28-15-21(26)25(29-23)30-24-12-17(2)31-32-24)22(27)14-20(16)18-5-7-34(8-6-18)9-10-37(35,36)33(3)4/h11-12,14-15,18H,5-10,13H2,1-4H3,(H2,28,29,30,31,32). The van der Waals surface area contributed by atoms with Gasteiger partial charge in [-0.15, -0.1) is 0 Å². The quantitative estimate of drug-likeness (QED) is 0.415. The van der Waals surface area contributed by atoms with Gasteiger partial charge in [-0.25, -0.2) is 27.1 Å². The van der Waals surface area contributed by atoms with Crippen LogP contribution in [0.15, 0.2) is 24.4 Å². The van der Waals surface area contributed by atoms with E-state index >= 15 is 4.39 Å². The highest BCUT2D eigenvalue weighted by atomic mass is 35.5. The molecule has 0 bridgehead atoms. The van der Waals surface area contributed by atoms with Gasteiger partial charge in [0.2, 0.25) is 10.0 Å². The second kappa shape index (κ2) is 11.4. The topological polar surface area (TPSA) is 107 Å². The van der Waals surface area contributed by atoms with Gasteiger partial charge >= 0.3 is 0 Å². The number of piperidine rings is 1. The number of nitrogens with zero attached hydrogens (tertiary/aromatic N) is 5. The van der Waals surface area contributed by atoms with E-state index in [9.17, 15) is 8.42 Å². The minimum atomic E-state index is -3.21. The molecule has 1 aliphatic rings. The van der Waals surface area contributed by atoms with Crippen molar-refractivity contribution in [2.24, 2.45) is 0 Å². The fourth-order valence-corrected chi connectivity index (χ4v) is 5.57. The number of rotatable bonds is 9. The highest BCUT2D eigenvalue weighted by Gasteiger charge is 2.25. The molecule has 37 heavy (non-hydrogen) atoms. The Hall–Kier alpha value is -2.60. The van der Waals surface area contributed by atoms with Gasteiger partial charge in [0.05, 0.1) is 11.9 Å². The zero-order valence-electron chi connectivity index (χ0n) is 21.6. The van der Waals surface area contributed by atoms with Crippen LogP contribution >= 0.6 is 11.6 Å². The second-order valence-electron chi connectivity index (χ2n) is 9.74. The number of benzene rings is 1. The predicted molar refractivity (Wildman–Crippen MR) is 143 cm³/mol. The number of H-pyrrole nitrogens is 1. The molecule has 0 saturated carbocycles. The lowest BCUT2D eigenvalue weighted by Crippen LogP contribution is -2.38. The Bertz CT molecular complexity index is 1360. The van der Waals surface area contributed by atoms with Crippen molar-refractivity contribution in [1.82, 2.24) is 29.4 Å². The summed E-state index contributed by atoms with van der Waals surface area (Å²) < 4.78 is 40.6. The summed E-state index contributed by atoms with van der Waals surface area (Å²) in [4.78, 5) is 10.9. The van der Waals surface area contributed by atoms with Crippen molar-refractivity contribution in [3.8, 4) is 0 Å². The average Bonchev–Trinajstić information content (AvgIpc) is 3.26. The molecule has 0 unspecified atom stereocenters. The van der Waals surface area contributed by atoms with E-state index in [0.717, 1.165) is 42.8 Å². The molecule has 3 aromatic rings. The van der Waals surface area contributed by atoms with Crippen molar-refractivity contribution in [1.29, 1.82) is 0 Å². The van der Waals surface area contributed by atoms with Crippen LogP contribution in [-0.2, 0) is 16.4 Å². The number of anilines is 2. The molecule has 0 atom stereocenters. The van der Waals surface area contributed by atoms with Crippen LogP contribution in [0.25, 0.3) is 0 Å². The van der Waals surface area contributed by atoms with Gasteiger partial charge in [0.25, 0.3) is 0 Å². The number of aromatic nitrogens is 4. The number of likely N-dealkylation sites (tertiary alicyclic amines) is 1. The molecule has 0 spiro atoms. The van der Waals surface area contributed by atoms with E-state index in [-0.39, 0.29) is 23.9 Å². The van der Waals surface area contributed by atoms with E-state index in [4.69, 9.17) is 11.6 Å². The maximum absolute atomic E-state index is 15.2. The summed E-state index contributed by atoms with van der Waals surface area (Å²) in [5.74, 6) is 1.52. The van der Waals surface area contributed by atoms with Gasteiger partial charge < -0.3 is 10.2 Å². The highest BCUT2D eigenvalue weighted by molar-refractivity contribution is 7.89. The Morgan fingerprint density at radius 2 is 1.95 bits per heavy atom. The summed E-state index contributed by atoms with van der Waals surface area (Å²) in [6.45, 7) is 5.99. The normalized spacial score (nSPS) is 15.4. The molecule has 200 valence electrons. The maximum Gasteiger partial charge on any atom is 0.214 e. The highest BCUT2D eigenvalue weighted by Crippen LogP contribution is 2.32. The van der Waals surface area contributed by atoms with Gasteiger partial charge in [-0.1, -0.05) is 17.7 Å². The number of hydrogen-bond donors (Lipinski definition) is 2. The molecule has 3 heterocycles. The van der Waals surface area contributed by atoms with Gasteiger partial charge in [-0.05, 0) is 68.5 Å². The maximum atomic E-state index is 15.2. The van der Waals surface area contributed by atoms with E-state index in [1.54, 1.807) is 20.2 Å². The van der Waals surface area contributed by atoms with E-state index in [1.807, 2.05) is 26.0 Å². The Balaban J connectivity index is 1.41. The van der Waals surface area contributed by atoms with Gasteiger partial charge in [0.1, 0.15) is 16.7 Å². The smallest absolute Gasteiger partial charge is 0.214 e. The minimum Gasteiger partial charge on any atom is -0.322 e. The molecular weight excluding hydrogens is 517 g/mol. The molecule has 2 N–H and O–H groups in total. The number of aromatic amines is 1. The van der Waals surface area contributed by atoms with Gasteiger partial charge in [0.15, 0.2) is 11.6 Å². The largest absolute Gasteiger partial charge is 0.322 e. The lowest BCUT2D eigenvalue weighted by Gasteiger charge is -2.33. The Labute approximate surface area is 222 Å². The third kappa shape index (κ3) is 6.84. The molecule has 2 aromatic heterocycles. The Morgan fingerprint density at radius 3 is 2.59 bits per heavy atom. The van der Waals surface area contributed by atoms with Crippen LogP contribution < -0.4 is 5.32 Å². The molecule has 1 aliphatic heterocycles. The van der Waals surface area contributed by atoms with Crippen LogP contribution in [-0.4, -0.2) is 77.3 Å². The molecule has 1 saturated heterocycles. The Morgan fingerprint density at radius 1 is 1.22 bits per heavy atom. The van der Waals surface area contributed by atoms with Crippen LogP contribution in [0.4, 0.5) is 16.0 Å². The molecule has 12 heteroatoms. The van der Waals surface area contributed by atoms with Crippen LogP contribution in [0.5, 0.6) is 0 Å². The molecule has 1 fully saturated rings. The van der Waals surface area contributed by atoms with E-state index in [1.165, 1.54) is 10.5 Å². The van der Waals surface area contributed by atoms with Crippen molar-refractivity contribution in [2.75, 3.05) is 44.8 Å². The van der Waals surface area contributed by atoms with Crippen molar-refractivity contribution in [2.45, 2.75) is 39.0 Å². The summed E-state index contributed by atoms with van der Waals surface area (Å²) in [6, 6.07) is 5.35. The van der Waals surface area contributed by atoms with Crippen LogP contribution in [0.2, 0.25) is 5.02 Å². The minimum absolute atomic E-state index is 0.109. The number of hydrogen-bond acceptors (Lipinski definition) is 7. The molecule has 4 rings (SSSR count). The van der Waals surface area contributed by atoms with Gasteiger partial charge in [-0.2, -0.15) is 5.10 Å². The van der Waals surface area contributed by atoms with E-state index in [2.05, 4.69) is 30.4 Å². The lowest BCUT2D eigenvalue weighted by atomic mass is 9.85. The first kappa shape index (κ1) is 27.4. The zero-order valence-corrected chi connectivity index (χ0v) is 23.1. The molecule has 9 nitrogen and oxygen atoms in total. The van der Waals surface area contributed by atoms with Gasteiger partial charge in [0, 0.05) is 38.8 Å². The molecule has 1 aromatic carbocycles. The van der Waals surface area contributed by atoms with Crippen molar-refractivity contribution in [3.63, 3.8) is 0 Å². The van der Waals surface area contributed by atoms with Crippen molar-refractivity contribution < 1.29 is 12.8 Å². The second-order valence-corrected chi connectivity index (χ2v) is 12.4. The number of sulfonamides is 1. The van der Waals surface area contributed by atoms with Crippen LogP contribution in [0, 0.1) is 19.7 Å². The summed E-state index contributed by atoms with van der Waals surface area (Å²) >= 11 is 6.25. The summed E-state index contributed by atoms with van der Waals surface area (Å²) in [6.07, 6.45) is 3.47. The van der Waals surface area contributed by atoms with Crippen LogP contribution in [0.3, 0.4) is 0 Å². The monoisotopic (exact) mass is 549 g/mol. The van der Waals surface area contributed by atoms with Crippen molar-refractivity contribution >= 4 is 33.3 Å². The fraction of sp³-hybridized carbons (Fsp3) is 0.480. The summed E-state index contributed by atoms with van der Waals surface area (Å²) in [7, 11) is -0.101. The third-order valence-electron chi connectivity index (χ3n) is 6.78. The molecular formula is C25H33ClFN7O2S. The number of halogens is 2. The van der Waals surface area contributed by atoms with Crippen LogP contribution in [0.1, 0.15) is 47.0 Å². The predicted octanol–water partition coefficient (Wildman–Crippen LogP) is 4.01. The first-order valence-electron chi connectivity index (χ1n) is 12.2. The molecule has 0 radical (unpaired) electrons. The first-order chi connectivity index (χ1) is 17.5. The van der Waals surface area contributed by atoms with Crippen molar-refractivity contribution in [3.05, 3.63) is 63.4 Å². The summed E-state index contributed by atoms with van der Waals surface area (Å²) in [5.41, 5.74) is 3.46. The van der Waals surface area contributed by atoms with Gasteiger partial charge in [-0.3, -0.25) is 5.10 Å². The molecule has 0 amide bonds. The zero-order chi connectivity index (χ0) is 26.7. The summed E-state index contributed by atoms with van der Waals surface area (Å²) in [5, 5.41) is 10.4. The first-order valence-corrected chi connectivity index (χ1v) is 14.2. The molecule has 0 aliphatic carbocycles. The Kier molecular flexibility index (Phi) is 8.47. The third-order valence-corrected chi connectivity index (χ3v) is 8.87.